The average molecular weight is 262 g/mol. The Morgan fingerprint density at radius 2 is 1.89 bits per heavy atom. The van der Waals surface area contributed by atoms with Crippen molar-refractivity contribution in [3.8, 4) is 0 Å². The molecular weight excluding hydrogens is 248 g/mol. The standard InChI is InChI=1S/C14H14O5/c1-10(13(16)17)3-2-8-19-14(18)12-6-4-11(9-15)5-7-12/h3-7,9H,2,8H2,1H3,(H,16,17). The molecule has 0 spiro atoms. The van der Waals surface area contributed by atoms with Gasteiger partial charge < -0.3 is 9.84 Å². The maximum absolute atomic E-state index is 11.6. The Morgan fingerprint density at radius 1 is 1.26 bits per heavy atom. The van der Waals surface area contributed by atoms with Gasteiger partial charge in [-0.25, -0.2) is 9.59 Å². The van der Waals surface area contributed by atoms with Crippen molar-refractivity contribution < 1.29 is 24.2 Å². The molecule has 0 unspecified atom stereocenters. The van der Waals surface area contributed by atoms with Crippen molar-refractivity contribution in [2.45, 2.75) is 13.3 Å². The lowest BCUT2D eigenvalue weighted by atomic mass is 10.1. The quantitative estimate of drug-likeness (QED) is 0.367. The summed E-state index contributed by atoms with van der Waals surface area (Å²) in [7, 11) is 0. The van der Waals surface area contributed by atoms with Gasteiger partial charge in [-0.2, -0.15) is 0 Å². The van der Waals surface area contributed by atoms with Crippen LogP contribution < -0.4 is 0 Å². The predicted molar refractivity (Wildman–Crippen MR) is 68.1 cm³/mol. The molecular formula is C14H14O5. The van der Waals surface area contributed by atoms with E-state index in [0.717, 1.165) is 0 Å². The molecule has 1 aromatic rings. The van der Waals surface area contributed by atoms with Crippen LogP contribution in [0.25, 0.3) is 0 Å². The van der Waals surface area contributed by atoms with Gasteiger partial charge in [0.2, 0.25) is 0 Å². The molecule has 19 heavy (non-hydrogen) atoms. The first-order valence-corrected chi connectivity index (χ1v) is 5.67. The van der Waals surface area contributed by atoms with Gasteiger partial charge >= 0.3 is 11.9 Å². The number of carboxylic acid groups (broad SMARTS) is 1. The number of rotatable bonds is 6. The zero-order chi connectivity index (χ0) is 14.3. The molecule has 5 nitrogen and oxygen atoms in total. The number of carbonyl (C=O) groups excluding carboxylic acids is 2. The van der Waals surface area contributed by atoms with Crippen molar-refractivity contribution in [3.05, 3.63) is 47.0 Å². The van der Waals surface area contributed by atoms with Crippen LogP contribution in [0.1, 0.15) is 34.1 Å². The molecule has 0 amide bonds. The van der Waals surface area contributed by atoms with Crippen LogP contribution in [0.5, 0.6) is 0 Å². The molecule has 0 aliphatic carbocycles. The number of benzene rings is 1. The Hall–Kier alpha value is -2.43. The highest BCUT2D eigenvalue weighted by Crippen LogP contribution is 2.05. The van der Waals surface area contributed by atoms with Crippen LogP contribution in [0.2, 0.25) is 0 Å². The molecule has 0 atom stereocenters. The van der Waals surface area contributed by atoms with E-state index in [2.05, 4.69) is 0 Å². The second kappa shape index (κ2) is 7.10. The molecule has 0 bridgehead atoms. The fourth-order valence-corrected chi connectivity index (χ4v) is 1.30. The first kappa shape index (κ1) is 14.6. The topological polar surface area (TPSA) is 80.7 Å². The van der Waals surface area contributed by atoms with Gasteiger partial charge in [-0.3, -0.25) is 4.79 Å². The zero-order valence-corrected chi connectivity index (χ0v) is 10.5. The molecule has 100 valence electrons. The second-order valence-electron chi connectivity index (χ2n) is 3.86. The highest BCUT2D eigenvalue weighted by molar-refractivity contribution is 5.90. The van der Waals surface area contributed by atoms with E-state index in [1.54, 1.807) is 0 Å². The number of hydrogen-bond acceptors (Lipinski definition) is 4. The lowest BCUT2D eigenvalue weighted by Gasteiger charge is -2.03. The smallest absolute Gasteiger partial charge is 0.338 e. The third-order valence-electron chi connectivity index (χ3n) is 2.42. The molecule has 0 fully saturated rings. The molecule has 0 aromatic heterocycles. The van der Waals surface area contributed by atoms with Gasteiger partial charge in [-0.15, -0.1) is 0 Å². The molecule has 1 aromatic carbocycles. The van der Waals surface area contributed by atoms with Gasteiger partial charge in [0.1, 0.15) is 6.29 Å². The number of aliphatic carboxylic acids is 1. The summed E-state index contributed by atoms with van der Waals surface area (Å²) in [5, 5.41) is 8.61. The number of hydrogen-bond donors (Lipinski definition) is 1. The van der Waals surface area contributed by atoms with Crippen LogP contribution in [-0.2, 0) is 9.53 Å². The SMILES string of the molecule is CC(=CCCOC(=O)c1ccc(C=O)cc1)C(=O)O. The van der Waals surface area contributed by atoms with E-state index in [4.69, 9.17) is 9.84 Å². The molecule has 0 saturated heterocycles. The fraction of sp³-hybridized carbons (Fsp3) is 0.214. The Balaban J connectivity index is 2.45. The van der Waals surface area contributed by atoms with Crippen LogP contribution in [-0.4, -0.2) is 29.9 Å². The fourth-order valence-electron chi connectivity index (χ4n) is 1.30. The van der Waals surface area contributed by atoms with Crippen molar-refractivity contribution in [2.24, 2.45) is 0 Å². The van der Waals surface area contributed by atoms with Crippen molar-refractivity contribution in [3.63, 3.8) is 0 Å². The first-order valence-electron chi connectivity index (χ1n) is 5.67. The van der Waals surface area contributed by atoms with E-state index in [1.165, 1.54) is 37.3 Å². The van der Waals surface area contributed by atoms with E-state index in [9.17, 15) is 14.4 Å². The van der Waals surface area contributed by atoms with E-state index < -0.39 is 11.9 Å². The minimum atomic E-state index is -0.990. The van der Waals surface area contributed by atoms with E-state index in [1.807, 2.05) is 0 Å². The van der Waals surface area contributed by atoms with Crippen LogP contribution in [0.4, 0.5) is 0 Å². The third kappa shape index (κ3) is 4.75. The van der Waals surface area contributed by atoms with Gasteiger partial charge in [0, 0.05) is 17.6 Å². The molecule has 1 rings (SSSR count). The summed E-state index contributed by atoms with van der Waals surface area (Å²) in [6, 6.07) is 6.06. The summed E-state index contributed by atoms with van der Waals surface area (Å²) < 4.78 is 4.97. The molecule has 0 saturated carbocycles. The summed E-state index contributed by atoms with van der Waals surface area (Å²) in [5.74, 6) is -1.49. The van der Waals surface area contributed by atoms with Gasteiger partial charge in [0.25, 0.3) is 0 Å². The Bertz CT molecular complexity index is 499. The second-order valence-corrected chi connectivity index (χ2v) is 3.86. The Morgan fingerprint density at radius 3 is 2.42 bits per heavy atom. The predicted octanol–water partition coefficient (Wildman–Crippen LogP) is 2.08. The number of ether oxygens (including phenoxy) is 1. The average Bonchev–Trinajstić information content (AvgIpc) is 2.43. The van der Waals surface area contributed by atoms with Gasteiger partial charge in [-0.05, 0) is 19.1 Å². The molecule has 0 radical (unpaired) electrons. The van der Waals surface area contributed by atoms with E-state index in [-0.39, 0.29) is 12.2 Å². The van der Waals surface area contributed by atoms with Gasteiger partial charge in [-0.1, -0.05) is 18.2 Å². The maximum Gasteiger partial charge on any atom is 0.338 e. The molecule has 5 heteroatoms. The molecule has 0 aliphatic rings. The van der Waals surface area contributed by atoms with Crippen molar-refractivity contribution in [2.75, 3.05) is 6.61 Å². The van der Waals surface area contributed by atoms with E-state index >= 15 is 0 Å². The van der Waals surface area contributed by atoms with Crippen LogP contribution in [0, 0.1) is 0 Å². The highest BCUT2D eigenvalue weighted by Gasteiger charge is 2.06. The van der Waals surface area contributed by atoms with E-state index in [0.29, 0.717) is 23.8 Å². The van der Waals surface area contributed by atoms with Crippen LogP contribution >= 0.6 is 0 Å². The summed E-state index contributed by atoms with van der Waals surface area (Å²) in [6.45, 7) is 1.58. The normalized spacial score (nSPS) is 10.9. The lowest BCUT2D eigenvalue weighted by Crippen LogP contribution is -2.06. The maximum atomic E-state index is 11.6. The number of carbonyl (C=O) groups is 3. The summed E-state index contributed by atoms with van der Waals surface area (Å²) in [4.78, 5) is 32.5. The minimum absolute atomic E-state index is 0.110. The van der Waals surface area contributed by atoms with Crippen LogP contribution in [0.15, 0.2) is 35.9 Å². The monoisotopic (exact) mass is 262 g/mol. The van der Waals surface area contributed by atoms with Crippen molar-refractivity contribution in [1.29, 1.82) is 0 Å². The molecule has 1 N–H and O–H groups in total. The van der Waals surface area contributed by atoms with Gasteiger partial charge in [0.05, 0.1) is 12.2 Å². The van der Waals surface area contributed by atoms with Crippen molar-refractivity contribution >= 4 is 18.2 Å². The summed E-state index contributed by atoms with van der Waals surface area (Å²) >= 11 is 0. The first-order chi connectivity index (χ1) is 9.04. The molecule has 0 heterocycles. The third-order valence-corrected chi connectivity index (χ3v) is 2.42. The lowest BCUT2D eigenvalue weighted by molar-refractivity contribution is -0.132. The van der Waals surface area contributed by atoms with Gasteiger partial charge in [0.15, 0.2) is 0 Å². The zero-order valence-electron chi connectivity index (χ0n) is 10.5. The molecule has 0 aliphatic heterocycles. The van der Waals surface area contributed by atoms with Crippen LogP contribution in [0.3, 0.4) is 0 Å². The van der Waals surface area contributed by atoms with Crippen molar-refractivity contribution in [1.82, 2.24) is 0 Å². The highest BCUT2D eigenvalue weighted by atomic mass is 16.5. The number of esters is 1. The largest absolute Gasteiger partial charge is 0.478 e. The summed E-state index contributed by atoms with van der Waals surface area (Å²) in [6.07, 6.45) is 2.52. The Labute approximate surface area is 110 Å². The summed E-state index contributed by atoms with van der Waals surface area (Å²) in [5.41, 5.74) is 1.05. The minimum Gasteiger partial charge on any atom is -0.478 e. The Kier molecular flexibility index (Phi) is 5.47. The number of aldehydes is 1. The number of carboxylic acids is 1.